The van der Waals surface area contributed by atoms with Crippen LogP contribution in [0.3, 0.4) is 0 Å². The van der Waals surface area contributed by atoms with Gasteiger partial charge >= 0.3 is 0 Å². The molecular weight excluding hydrogens is 150 g/mol. The minimum atomic E-state index is 1.02. The number of nitrogens with one attached hydrogen (secondary N) is 2. The highest BCUT2D eigenvalue weighted by Crippen LogP contribution is 2.07. The third kappa shape index (κ3) is 2.34. The van der Waals surface area contributed by atoms with E-state index < -0.39 is 0 Å². The number of rotatable bonds is 5. The van der Waals surface area contributed by atoms with Crippen LogP contribution < -0.4 is 5.32 Å². The SMILES string of the molecule is CCCc1[nH]ncc1CCNC. The first-order valence-corrected chi connectivity index (χ1v) is 4.54. The van der Waals surface area contributed by atoms with E-state index in [2.05, 4.69) is 22.4 Å². The molecule has 0 amide bonds. The third-order valence-electron chi connectivity index (χ3n) is 1.95. The van der Waals surface area contributed by atoms with Gasteiger partial charge < -0.3 is 5.32 Å². The molecule has 0 fully saturated rings. The second kappa shape index (κ2) is 4.93. The van der Waals surface area contributed by atoms with Gasteiger partial charge in [-0.25, -0.2) is 0 Å². The molecule has 0 bridgehead atoms. The number of aryl methyl sites for hydroxylation is 1. The molecule has 3 nitrogen and oxygen atoms in total. The van der Waals surface area contributed by atoms with E-state index in [1.54, 1.807) is 0 Å². The van der Waals surface area contributed by atoms with Gasteiger partial charge in [-0.2, -0.15) is 5.10 Å². The summed E-state index contributed by atoms with van der Waals surface area (Å²) in [6.45, 7) is 3.21. The van der Waals surface area contributed by atoms with Crippen molar-refractivity contribution >= 4 is 0 Å². The van der Waals surface area contributed by atoms with Gasteiger partial charge in [0.25, 0.3) is 0 Å². The van der Waals surface area contributed by atoms with E-state index in [1.165, 1.54) is 17.7 Å². The average Bonchev–Trinajstić information content (AvgIpc) is 2.50. The number of hydrogen-bond acceptors (Lipinski definition) is 2. The molecule has 0 aliphatic rings. The molecule has 68 valence electrons. The smallest absolute Gasteiger partial charge is 0.0522 e. The molecule has 0 aromatic carbocycles. The molecule has 1 heterocycles. The Hall–Kier alpha value is -0.830. The summed E-state index contributed by atoms with van der Waals surface area (Å²) >= 11 is 0. The maximum atomic E-state index is 4.04. The summed E-state index contributed by atoms with van der Waals surface area (Å²) in [5, 5.41) is 10.2. The number of hydrogen-bond donors (Lipinski definition) is 2. The van der Waals surface area contributed by atoms with Crippen LogP contribution in [0, 0.1) is 0 Å². The number of nitrogens with zero attached hydrogens (tertiary/aromatic N) is 1. The van der Waals surface area contributed by atoms with Crippen molar-refractivity contribution in [2.45, 2.75) is 26.2 Å². The molecule has 3 heteroatoms. The molecule has 1 aromatic heterocycles. The van der Waals surface area contributed by atoms with E-state index >= 15 is 0 Å². The van der Waals surface area contributed by atoms with Crippen LogP contribution in [0.1, 0.15) is 24.6 Å². The Kier molecular flexibility index (Phi) is 3.80. The highest BCUT2D eigenvalue weighted by atomic mass is 15.1. The Morgan fingerprint density at radius 1 is 1.50 bits per heavy atom. The van der Waals surface area contributed by atoms with Crippen LogP contribution in [-0.2, 0) is 12.8 Å². The molecule has 0 saturated carbocycles. The second-order valence-electron chi connectivity index (χ2n) is 2.98. The van der Waals surface area contributed by atoms with Gasteiger partial charge in [-0.15, -0.1) is 0 Å². The predicted molar refractivity (Wildman–Crippen MR) is 50.2 cm³/mol. The fourth-order valence-corrected chi connectivity index (χ4v) is 1.28. The molecule has 0 unspecified atom stereocenters. The fourth-order valence-electron chi connectivity index (χ4n) is 1.28. The van der Waals surface area contributed by atoms with Crippen LogP contribution in [0.15, 0.2) is 6.20 Å². The Morgan fingerprint density at radius 3 is 3.00 bits per heavy atom. The number of aromatic amines is 1. The molecule has 1 aromatic rings. The first-order valence-electron chi connectivity index (χ1n) is 4.54. The first kappa shape index (κ1) is 9.26. The zero-order chi connectivity index (χ0) is 8.81. The first-order chi connectivity index (χ1) is 5.88. The Morgan fingerprint density at radius 2 is 2.33 bits per heavy atom. The van der Waals surface area contributed by atoms with Crippen molar-refractivity contribution in [3.63, 3.8) is 0 Å². The fraction of sp³-hybridized carbons (Fsp3) is 0.667. The van der Waals surface area contributed by atoms with Crippen molar-refractivity contribution in [2.75, 3.05) is 13.6 Å². The predicted octanol–water partition coefficient (Wildman–Crippen LogP) is 1.12. The lowest BCUT2D eigenvalue weighted by Gasteiger charge is -2.00. The van der Waals surface area contributed by atoms with Crippen LogP contribution in [0.5, 0.6) is 0 Å². The molecule has 0 aliphatic carbocycles. The monoisotopic (exact) mass is 167 g/mol. The maximum Gasteiger partial charge on any atom is 0.0522 e. The summed E-state index contributed by atoms with van der Waals surface area (Å²) in [5.41, 5.74) is 2.65. The zero-order valence-electron chi connectivity index (χ0n) is 7.85. The largest absolute Gasteiger partial charge is 0.319 e. The van der Waals surface area contributed by atoms with Gasteiger partial charge in [0, 0.05) is 5.69 Å². The van der Waals surface area contributed by atoms with Crippen LogP contribution in [0.2, 0.25) is 0 Å². The van der Waals surface area contributed by atoms with Crippen LogP contribution in [0.4, 0.5) is 0 Å². The lowest BCUT2D eigenvalue weighted by Crippen LogP contribution is -2.10. The van der Waals surface area contributed by atoms with Gasteiger partial charge in [-0.1, -0.05) is 13.3 Å². The van der Waals surface area contributed by atoms with Gasteiger partial charge in [-0.05, 0) is 32.0 Å². The number of H-pyrrole nitrogens is 1. The number of likely N-dealkylation sites (N-methyl/N-ethyl adjacent to an activating group) is 1. The summed E-state index contributed by atoms with van der Waals surface area (Å²) in [5.74, 6) is 0. The van der Waals surface area contributed by atoms with E-state index in [4.69, 9.17) is 0 Å². The minimum absolute atomic E-state index is 1.02. The summed E-state index contributed by atoms with van der Waals surface area (Å²) in [6.07, 6.45) is 5.29. The molecule has 12 heavy (non-hydrogen) atoms. The summed E-state index contributed by atoms with van der Waals surface area (Å²) in [7, 11) is 1.97. The third-order valence-corrected chi connectivity index (χ3v) is 1.95. The van der Waals surface area contributed by atoms with Crippen molar-refractivity contribution in [3.05, 3.63) is 17.5 Å². The highest BCUT2D eigenvalue weighted by molar-refractivity contribution is 5.16. The number of aromatic nitrogens is 2. The van der Waals surface area contributed by atoms with Gasteiger partial charge in [0.1, 0.15) is 0 Å². The molecular formula is C9H17N3. The van der Waals surface area contributed by atoms with Crippen molar-refractivity contribution in [2.24, 2.45) is 0 Å². The van der Waals surface area contributed by atoms with Gasteiger partial charge in [0.15, 0.2) is 0 Å². The van der Waals surface area contributed by atoms with E-state index in [-0.39, 0.29) is 0 Å². The molecule has 0 saturated heterocycles. The Balaban J connectivity index is 2.51. The summed E-state index contributed by atoms with van der Waals surface area (Å²) in [6, 6.07) is 0. The molecule has 0 aliphatic heterocycles. The lowest BCUT2D eigenvalue weighted by atomic mass is 10.1. The van der Waals surface area contributed by atoms with E-state index in [9.17, 15) is 0 Å². The zero-order valence-corrected chi connectivity index (χ0v) is 7.85. The standard InChI is InChI=1S/C9H17N3/c1-3-4-9-8(5-6-10-2)7-11-12-9/h7,10H,3-6H2,1-2H3,(H,11,12). The Labute approximate surface area is 73.6 Å². The summed E-state index contributed by atoms with van der Waals surface area (Å²) in [4.78, 5) is 0. The second-order valence-corrected chi connectivity index (χ2v) is 2.98. The van der Waals surface area contributed by atoms with Crippen LogP contribution in [-0.4, -0.2) is 23.8 Å². The molecule has 0 atom stereocenters. The topological polar surface area (TPSA) is 40.7 Å². The molecule has 1 rings (SSSR count). The quantitative estimate of drug-likeness (QED) is 0.690. The van der Waals surface area contributed by atoms with Crippen molar-refractivity contribution in [1.82, 2.24) is 15.5 Å². The van der Waals surface area contributed by atoms with Crippen LogP contribution in [0.25, 0.3) is 0 Å². The summed E-state index contributed by atoms with van der Waals surface area (Å²) < 4.78 is 0. The van der Waals surface area contributed by atoms with E-state index in [0.717, 1.165) is 19.4 Å². The van der Waals surface area contributed by atoms with Gasteiger partial charge in [0.05, 0.1) is 6.20 Å². The lowest BCUT2D eigenvalue weighted by molar-refractivity contribution is 0.776. The Bertz CT molecular complexity index is 217. The highest BCUT2D eigenvalue weighted by Gasteiger charge is 2.02. The van der Waals surface area contributed by atoms with Crippen molar-refractivity contribution in [1.29, 1.82) is 0 Å². The van der Waals surface area contributed by atoms with Gasteiger partial charge in [-0.3, -0.25) is 5.10 Å². The minimum Gasteiger partial charge on any atom is -0.319 e. The van der Waals surface area contributed by atoms with E-state index in [1.807, 2.05) is 13.2 Å². The van der Waals surface area contributed by atoms with Crippen molar-refractivity contribution in [3.8, 4) is 0 Å². The average molecular weight is 167 g/mol. The van der Waals surface area contributed by atoms with Crippen molar-refractivity contribution < 1.29 is 0 Å². The maximum absolute atomic E-state index is 4.04. The van der Waals surface area contributed by atoms with Crippen LogP contribution >= 0.6 is 0 Å². The molecule has 0 radical (unpaired) electrons. The molecule has 2 N–H and O–H groups in total. The van der Waals surface area contributed by atoms with Gasteiger partial charge in [0.2, 0.25) is 0 Å². The molecule has 0 spiro atoms. The van der Waals surface area contributed by atoms with E-state index in [0.29, 0.717) is 0 Å². The normalized spacial score (nSPS) is 10.5.